The lowest BCUT2D eigenvalue weighted by Crippen LogP contribution is -2.40. The highest BCUT2D eigenvalue weighted by atomic mass is 32.1. The van der Waals surface area contributed by atoms with Crippen LogP contribution in [0.15, 0.2) is 23.7 Å². The summed E-state index contributed by atoms with van der Waals surface area (Å²) in [6, 6.07) is 5.75. The molecule has 0 N–H and O–H groups in total. The van der Waals surface area contributed by atoms with Crippen LogP contribution < -0.4 is 4.90 Å². The number of aromatic nitrogens is 2. The van der Waals surface area contributed by atoms with Crippen molar-refractivity contribution >= 4 is 23.2 Å². The molecule has 122 valence electrons. The summed E-state index contributed by atoms with van der Waals surface area (Å²) in [6.07, 6.45) is 3.37. The Hall–Kier alpha value is -2.46. The summed E-state index contributed by atoms with van der Waals surface area (Å²) in [4.78, 5) is 26.7. The van der Waals surface area contributed by atoms with Gasteiger partial charge in [-0.1, -0.05) is 0 Å². The molecular formula is C17H17N5OS. The maximum atomic E-state index is 12.8. The number of rotatable bonds is 2. The number of fused-ring (bicyclic) bond motifs is 1. The zero-order valence-corrected chi connectivity index (χ0v) is 14.0. The van der Waals surface area contributed by atoms with Crippen molar-refractivity contribution in [3.63, 3.8) is 0 Å². The van der Waals surface area contributed by atoms with Crippen molar-refractivity contribution in [2.24, 2.45) is 5.92 Å². The van der Waals surface area contributed by atoms with E-state index in [-0.39, 0.29) is 11.8 Å². The normalized spacial score (nSPS) is 19.9. The highest BCUT2D eigenvalue weighted by Gasteiger charge is 2.33. The number of anilines is 1. The van der Waals surface area contributed by atoms with Gasteiger partial charge in [0.1, 0.15) is 11.8 Å². The molecule has 2 aromatic rings. The van der Waals surface area contributed by atoms with Gasteiger partial charge in [-0.2, -0.15) is 5.26 Å². The number of carbonyl (C=O) groups excluding carboxylic acids is 1. The largest absolute Gasteiger partial charge is 0.340 e. The molecule has 24 heavy (non-hydrogen) atoms. The number of amides is 1. The van der Waals surface area contributed by atoms with Crippen LogP contribution in [0.25, 0.3) is 0 Å². The monoisotopic (exact) mass is 339 g/mol. The van der Waals surface area contributed by atoms with E-state index in [1.165, 1.54) is 10.4 Å². The van der Waals surface area contributed by atoms with Gasteiger partial charge >= 0.3 is 0 Å². The molecule has 0 aliphatic carbocycles. The molecule has 1 amide bonds. The molecule has 0 bridgehead atoms. The SMILES string of the molecule is N#Cc1ccnc(N2CCC(C(=O)N3CCc4sccc4C3)C2)n1. The molecule has 6 nitrogen and oxygen atoms in total. The first-order chi connectivity index (χ1) is 11.7. The van der Waals surface area contributed by atoms with Gasteiger partial charge in [-0.15, -0.1) is 11.3 Å². The van der Waals surface area contributed by atoms with Gasteiger partial charge in [-0.3, -0.25) is 4.79 Å². The van der Waals surface area contributed by atoms with E-state index in [2.05, 4.69) is 21.4 Å². The van der Waals surface area contributed by atoms with Crippen molar-refractivity contribution in [1.29, 1.82) is 5.26 Å². The van der Waals surface area contributed by atoms with E-state index in [0.29, 0.717) is 18.2 Å². The van der Waals surface area contributed by atoms with Gasteiger partial charge in [0.25, 0.3) is 0 Å². The highest BCUT2D eigenvalue weighted by Crippen LogP contribution is 2.28. The molecule has 0 aromatic carbocycles. The average Bonchev–Trinajstić information content (AvgIpc) is 3.29. The van der Waals surface area contributed by atoms with E-state index in [1.54, 1.807) is 23.6 Å². The Kier molecular flexibility index (Phi) is 3.90. The van der Waals surface area contributed by atoms with Gasteiger partial charge in [-0.05, 0) is 35.9 Å². The Balaban J connectivity index is 1.43. The number of nitrogens with zero attached hydrogens (tertiary/aromatic N) is 5. The predicted molar refractivity (Wildman–Crippen MR) is 90.5 cm³/mol. The number of carbonyl (C=O) groups is 1. The lowest BCUT2D eigenvalue weighted by atomic mass is 10.0. The standard InChI is InChI=1S/C17H17N5OS/c18-9-14-1-5-19-17(20-14)22-6-2-13(11-22)16(23)21-7-3-15-12(10-21)4-8-24-15/h1,4-5,8,13H,2-3,6-7,10-11H2. The van der Waals surface area contributed by atoms with Crippen molar-refractivity contribution in [1.82, 2.24) is 14.9 Å². The molecule has 4 rings (SSSR count). The minimum absolute atomic E-state index is 0.0143. The molecule has 0 saturated carbocycles. The van der Waals surface area contributed by atoms with E-state index in [1.807, 2.05) is 15.9 Å². The van der Waals surface area contributed by atoms with Crippen LogP contribution >= 0.6 is 11.3 Å². The maximum absolute atomic E-state index is 12.8. The van der Waals surface area contributed by atoms with E-state index < -0.39 is 0 Å². The third-order valence-electron chi connectivity index (χ3n) is 4.70. The quantitative estimate of drug-likeness (QED) is 0.834. The molecular weight excluding hydrogens is 322 g/mol. The van der Waals surface area contributed by atoms with Crippen molar-refractivity contribution in [3.8, 4) is 6.07 Å². The molecule has 2 aliphatic rings. The number of nitriles is 1. The summed E-state index contributed by atoms with van der Waals surface area (Å²) in [6.45, 7) is 2.92. The van der Waals surface area contributed by atoms with Gasteiger partial charge in [-0.25, -0.2) is 9.97 Å². The molecule has 4 heterocycles. The molecule has 1 unspecified atom stereocenters. The van der Waals surface area contributed by atoms with Gasteiger partial charge < -0.3 is 9.80 Å². The summed E-state index contributed by atoms with van der Waals surface area (Å²) in [5.41, 5.74) is 1.65. The van der Waals surface area contributed by atoms with E-state index in [9.17, 15) is 4.79 Å². The number of hydrogen-bond acceptors (Lipinski definition) is 6. The van der Waals surface area contributed by atoms with E-state index in [0.717, 1.165) is 32.5 Å². The van der Waals surface area contributed by atoms with Gasteiger partial charge in [0, 0.05) is 37.3 Å². The van der Waals surface area contributed by atoms with Crippen LogP contribution in [-0.4, -0.2) is 40.4 Å². The van der Waals surface area contributed by atoms with Crippen molar-refractivity contribution < 1.29 is 4.79 Å². The van der Waals surface area contributed by atoms with E-state index >= 15 is 0 Å². The van der Waals surface area contributed by atoms with Gasteiger partial charge in [0.2, 0.25) is 11.9 Å². The van der Waals surface area contributed by atoms with Crippen LogP contribution in [-0.2, 0) is 17.8 Å². The maximum Gasteiger partial charge on any atom is 0.227 e. The number of hydrogen-bond donors (Lipinski definition) is 0. The Bertz CT molecular complexity index is 811. The Labute approximate surface area is 144 Å². The lowest BCUT2D eigenvalue weighted by molar-refractivity contribution is -0.135. The third-order valence-corrected chi connectivity index (χ3v) is 5.72. The first kappa shape index (κ1) is 15.1. The first-order valence-electron chi connectivity index (χ1n) is 8.06. The molecule has 1 saturated heterocycles. The summed E-state index contributed by atoms with van der Waals surface area (Å²) in [5, 5.41) is 11.1. The molecule has 2 aromatic heterocycles. The van der Waals surface area contributed by atoms with Crippen LogP contribution in [0.2, 0.25) is 0 Å². The van der Waals surface area contributed by atoms with Gasteiger partial charge in [0.05, 0.1) is 5.92 Å². The second-order valence-electron chi connectivity index (χ2n) is 6.16. The van der Waals surface area contributed by atoms with Crippen LogP contribution in [0.4, 0.5) is 5.95 Å². The minimum atomic E-state index is -0.0143. The lowest BCUT2D eigenvalue weighted by Gasteiger charge is -2.29. The highest BCUT2D eigenvalue weighted by molar-refractivity contribution is 7.10. The Morgan fingerprint density at radius 3 is 3.17 bits per heavy atom. The zero-order chi connectivity index (χ0) is 16.5. The average molecular weight is 339 g/mol. The molecule has 0 spiro atoms. The second kappa shape index (κ2) is 6.21. The smallest absolute Gasteiger partial charge is 0.227 e. The molecule has 2 aliphatic heterocycles. The summed E-state index contributed by atoms with van der Waals surface area (Å²) in [7, 11) is 0. The second-order valence-corrected chi connectivity index (χ2v) is 7.16. The van der Waals surface area contributed by atoms with Crippen LogP contribution in [0.1, 0.15) is 22.6 Å². The topological polar surface area (TPSA) is 73.1 Å². The van der Waals surface area contributed by atoms with Crippen molar-refractivity contribution in [3.05, 3.63) is 39.8 Å². The predicted octanol–water partition coefficient (Wildman–Crippen LogP) is 1.82. The van der Waals surface area contributed by atoms with Crippen LogP contribution in [0, 0.1) is 17.2 Å². The first-order valence-corrected chi connectivity index (χ1v) is 8.94. The summed E-state index contributed by atoms with van der Waals surface area (Å²) in [5.74, 6) is 0.758. The number of thiophene rings is 1. The molecule has 0 radical (unpaired) electrons. The summed E-state index contributed by atoms with van der Waals surface area (Å²) < 4.78 is 0. The molecule has 1 fully saturated rings. The fraction of sp³-hybridized carbons (Fsp3) is 0.412. The van der Waals surface area contributed by atoms with Crippen molar-refractivity contribution in [2.45, 2.75) is 19.4 Å². The van der Waals surface area contributed by atoms with Crippen LogP contribution in [0.5, 0.6) is 0 Å². The fourth-order valence-electron chi connectivity index (χ4n) is 3.40. The summed E-state index contributed by atoms with van der Waals surface area (Å²) >= 11 is 1.78. The Morgan fingerprint density at radius 2 is 2.29 bits per heavy atom. The zero-order valence-electron chi connectivity index (χ0n) is 13.2. The third kappa shape index (κ3) is 2.74. The van der Waals surface area contributed by atoms with Crippen LogP contribution in [0.3, 0.4) is 0 Å². The molecule has 1 atom stereocenters. The van der Waals surface area contributed by atoms with E-state index in [4.69, 9.17) is 5.26 Å². The fourth-order valence-corrected chi connectivity index (χ4v) is 4.29. The minimum Gasteiger partial charge on any atom is -0.340 e. The van der Waals surface area contributed by atoms with Gasteiger partial charge in [0.15, 0.2) is 0 Å². The van der Waals surface area contributed by atoms with Crippen molar-refractivity contribution in [2.75, 3.05) is 24.5 Å². The molecule has 7 heteroatoms. The Morgan fingerprint density at radius 1 is 1.38 bits per heavy atom.